The van der Waals surface area contributed by atoms with Crippen LogP contribution in [0.15, 0.2) is 33.5 Å². The van der Waals surface area contributed by atoms with E-state index in [1.165, 1.54) is 6.07 Å². The Bertz CT molecular complexity index is 591. The van der Waals surface area contributed by atoms with Gasteiger partial charge in [-0.3, -0.25) is 0 Å². The Labute approximate surface area is 104 Å². The highest BCUT2D eigenvalue weighted by atomic mass is 16.5. The van der Waals surface area contributed by atoms with Gasteiger partial charge in [-0.2, -0.15) is 0 Å². The Morgan fingerprint density at radius 2 is 2.17 bits per heavy atom. The highest BCUT2D eigenvalue weighted by Gasteiger charge is 2.07. The Hall–Kier alpha value is -1.85. The molecule has 96 valence electrons. The van der Waals surface area contributed by atoms with Crippen molar-refractivity contribution >= 4 is 11.0 Å². The van der Waals surface area contributed by atoms with Gasteiger partial charge >= 0.3 is 5.63 Å². The second-order valence-corrected chi connectivity index (χ2v) is 3.91. The van der Waals surface area contributed by atoms with Gasteiger partial charge in [0.25, 0.3) is 0 Å². The molecule has 5 nitrogen and oxygen atoms in total. The van der Waals surface area contributed by atoms with Crippen LogP contribution in [0.2, 0.25) is 0 Å². The van der Waals surface area contributed by atoms with Crippen molar-refractivity contribution in [3.8, 4) is 5.75 Å². The zero-order chi connectivity index (χ0) is 13.0. The SMILES string of the molecule is NCCCOc1cc(=O)oc2cc(CO)ccc12. The van der Waals surface area contributed by atoms with E-state index < -0.39 is 5.63 Å². The third-order valence-electron chi connectivity index (χ3n) is 2.56. The maximum Gasteiger partial charge on any atom is 0.339 e. The van der Waals surface area contributed by atoms with Crippen LogP contribution in [0.25, 0.3) is 11.0 Å². The summed E-state index contributed by atoms with van der Waals surface area (Å²) >= 11 is 0. The molecule has 0 spiro atoms. The zero-order valence-electron chi connectivity index (χ0n) is 9.89. The molecule has 0 aliphatic rings. The van der Waals surface area contributed by atoms with Crippen molar-refractivity contribution in [1.29, 1.82) is 0 Å². The molecule has 18 heavy (non-hydrogen) atoms. The van der Waals surface area contributed by atoms with Gasteiger partial charge in [0.1, 0.15) is 11.3 Å². The second kappa shape index (κ2) is 5.66. The standard InChI is InChI=1S/C13H15NO4/c14-4-1-5-17-11-7-13(16)18-12-6-9(8-15)2-3-10(11)12/h2-3,6-7,15H,1,4-5,8,14H2. The first-order valence-electron chi connectivity index (χ1n) is 5.75. The molecule has 1 heterocycles. The van der Waals surface area contributed by atoms with Crippen LogP contribution in [-0.4, -0.2) is 18.3 Å². The Balaban J connectivity index is 2.42. The van der Waals surface area contributed by atoms with E-state index in [1.54, 1.807) is 18.2 Å². The summed E-state index contributed by atoms with van der Waals surface area (Å²) in [5, 5.41) is 9.76. The monoisotopic (exact) mass is 249 g/mol. The fraction of sp³-hybridized carbons (Fsp3) is 0.308. The Morgan fingerprint density at radius 1 is 1.33 bits per heavy atom. The third kappa shape index (κ3) is 2.69. The molecule has 0 unspecified atom stereocenters. The number of nitrogens with two attached hydrogens (primary N) is 1. The fourth-order valence-corrected chi connectivity index (χ4v) is 1.66. The first-order chi connectivity index (χ1) is 8.74. The quantitative estimate of drug-likeness (QED) is 0.610. The van der Waals surface area contributed by atoms with Gasteiger partial charge in [-0.15, -0.1) is 0 Å². The van der Waals surface area contributed by atoms with E-state index in [1.807, 2.05) is 0 Å². The van der Waals surface area contributed by atoms with Gasteiger partial charge < -0.3 is 20.0 Å². The van der Waals surface area contributed by atoms with Gasteiger partial charge in [0.15, 0.2) is 0 Å². The molecule has 0 amide bonds. The predicted molar refractivity (Wildman–Crippen MR) is 67.6 cm³/mol. The van der Waals surface area contributed by atoms with Crippen LogP contribution < -0.4 is 16.1 Å². The largest absolute Gasteiger partial charge is 0.492 e. The number of rotatable bonds is 5. The van der Waals surface area contributed by atoms with E-state index in [0.717, 1.165) is 6.42 Å². The summed E-state index contributed by atoms with van der Waals surface area (Å²) in [5.41, 5.74) is 6.01. The minimum Gasteiger partial charge on any atom is -0.492 e. The summed E-state index contributed by atoms with van der Waals surface area (Å²) in [6.07, 6.45) is 0.719. The Kier molecular flexibility index (Phi) is 3.96. The summed E-state index contributed by atoms with van der Waals surface area (Å²) < 4.78 is 10.6. The molecule has 5 heteroatoms. The maximum absolute atomic E-state index is 11.4. The molecule has 0 bridgehead atoms. The maximum atomic E-state index is 11.4. The van der Waals surface area contributed by atoms with Gasteiger partial charge in [-0.05, 0) is 30.7 Å². The van der Waals surface area contributed by atoms with Crippen molar-refractivity contribution in [3.63, 3.8) is 0 Å². The summed E-state index contributed by atoms with van der Waals surface area (Å²) in [7, 11) is 0. The lowest BCUT2D eigenvalue weighted by molar-refractivity contribution is 0.281. The molecule has 1 aromatic carbocycles. The molecule has 0 saturated carbocycles. The van der Waals surface area contributed by atoms with Crippen molar-refractivity contribution in [2.45, 2.75) is 13.0 Å². The van der Waals surface area contributed by atoms with E-state index in [0.29, 0.717) is 35.4 Å². The number of ether oxygens (including phenoxy) is 1. The summed E-state index contributed by atoms with van der Waals surface area (Å²) in [5.74, 6) is 0.485. The van der Waals surface area contributed by atoms with Crippen LogP contribution in [0.5, 0.6) is 5.75 Å². The van der Waals surface area contributed by atoms with Gasteiger partial charge in [-0.25, -0.2) is 4.79 Å². The number of fused-ring (bicyclic) bond motifs is 1. The topological polar surface area (TPSA) is 85.7 Å². The van der Waals surface area contributed by atoms with Crippen LogP contribution in [0.1, 0.15) is 12.0 Å². The lowest BCUT2D eigenvalue weighted by atomic mass is 10.1. The zero-order valence-corrected chi connectivity index (χ0v) is 9.89. The van der Waals surface area contributed by atoms with Crippen LogP contribution >= 0.6 is 0 Å². The normalized spacial score (nSPS) is 10.8. The molecule has 0 fully saturated rings. The molecular weight excluding hydrogens is 234 g/mol. The third-order valence-corrected chi connectivity index (χ3v) is 2.56. The predicted octanol–water partition coefficient (Wildman–Crippen LogP) is 1.01. The lowest BCUT2D eigenvalue weighted by Gasteiger charge is -2.08. The summed E-state index contributed by atoms with van der Waals surface area (Å²) in [6, 6.07) is 6.48. The van der Waals surface area contributed by atoms with E-state index in [-0.39, 0.29) is 6.61 Å². The van der Waals surface area contributed by atoms with Crippen molar-refractivity contribution in [2.75, 3.05) is 13.2 Å². The van der Waals surface area contributed by atoms with Crippen LogP contribution in [-0.2, 0) is 6.61 Å². The van der Waals surface area contributed by atoms with Crippen molar-refractivity contribution in [2.24, 2.45) is 5.73 Å². The van der Waals surface area contributed by atoms with E-state index in [2.05, 4.69) is 0 Å². The van der Waals surface area contributed by atoms with Gasteiger partial charge in [-0.1, -0.05) is 6.07 Å². The molecule has 0 atom stereocenters. The second-order valence-electron chi connectivity index (χ2n) is 3.91. The van der Waals surface area contributed by atoms with Gasteiger partial charge in [0, 0.05) is 0 Å². The molecular formula is C13H15NO4. The molecule has 3 N–H and O–H groups in total. The molecule has 2 aromatic rings. The highest BCUT2D eigenvalue weighted by Crippen LogP contribution is 2.24. The van der Waals surface area contributed by atoms with E-state index >= 15 is 0 Å². The number of benzene rings is 1. The molecule has 0 radical (unpaired) electrons. The Morgan fingerprint density at radius 3 is 2.89 bits per heavy atom. The molecule has 2 rings (SSSR count). The number of aliphatic hydroxyl groups excluding tert-OH is 1. The van der Waals surface area contributed by atoms with Crippen molar-refractivity contribution in [3.05, 3.63) is 40.2 Å². The molecule has 0 aliphatic heterocycles. The van der Waals surface area contributed by atoms with Crippen LogP contribution in [0, 0.1) is 0 Å². The van der Waals surface area contributed by atoms with Crippen LogP contribution in [0.3, 0.4) is 0 Å². The first kappa shape index (κ1) is 12.6. The molecule has 0 aliphatic carbocycles. The van der Waals surface area contributed by atoms with Crippen molar-refractivity contribution in [1.82, 2.24) is 0 Å². The fourth-order valence-electron chi connectivity index (χ4n) is 1.66. The minimum atomic E-state index is -0.472. The van der Waals surface area contributed by atoms with Crippen molar-refractivity contribution < 1.29 is 14.3 Å². The smallest absolute Gasteiger partial charge is 0.339 e. The number of hydrogen-bond acceptors (Lipinski definition) is 5. The number of hydrogen-bond donors (Lipinski definition) is 2. The average molecular weight is 249 g/mol. The minimum absolute atomic E-state index is 0.0993. The summed E-state index contributed by atoms with van der Waals surface area (Å²) in [4.78, 5) is 11.4. The van der Waals surface area contributed by atoms with Gasteiger partial charge in [0.2, 0.25) is 0 Å². The lowest BCUT2D eigenvalue weighted by Crippen LogP contribution is -2.08. The molecule has 1 aromatic heterocycles. The van der Waals surface area contributed by atoms with E-state index in [9.17, 15) is 4.79 Å². The first-order valence-corrected chi connectivity index (χ1v) is 5.75. The molecule has 0 saturated heterocycles. The van der Waals surface area contributed by atoms with E-state index in [4.69, 9.17) is 20.0 Å². The highest BCUT2D eigenvalue weighted by molar-refractivity contribution is 5.83. The van der Waals surface area contributed by atoms with Crippen LogP contribution in [0.4, 0.5) is 0 Å². The van der Waals surface area contributed by atoms with Gasteiger partial charge in [0.05, 0.1) is 24.7 Å². The summed E-state index contributed by atoms with van der Waals surface area (Å²) in [6.45, 7) is 0.892. The average Bonchev–Trinajstić information content (AvgIpc) is 2.38. The number of aliphatic hydroxyl groups is 1.